The third-order valence-electron chi connectivity index (χ3n) is 4.84. The van der Waals surface area contributed by atoms with Crippen LogP contribution in [0.25, 0.3) is 0 Å². The number of rotatable bonds is 7. The molecule has 1 saturated carbocycles. The minimum atomic E-state index is -0.822. The molecule has 7 heteroatoms. The van der Waals surface area contributed by atoms with Gasteiger partial charge in [0.2, 0.25) is 5.91 Å². The number of hydrogen-bond donors (Lipinski definition) is 3. The maximum atomic E-state index is 12.7. The van der Waals surface area contributed by atoms with E-state index in [1.807, 2.05) is 0 Å². The first-order chi connectivity index (χ1) is 12.0. The molecular formula is C18H24N2O4S. The highest BCUT2D eigenvalue weighted by Crippen LogP contribution is 2.41. The van der Waals surface area contributed by atoms with Crippen molar-refractivity contribution < 1.29 is 19.5 Å². The van der Waals surface area contributed by atoms with Crippen LogP contribution >= 0.6 is 11.3 Å². The molecule has 136 valence electrons. The molecule has 2 aliphatic rings. The molecule has 3 rings (SSSR count). The van der Waals surface area contributed by atoms with Crippen LogP contribution in [0, 0.1) is 11.8 Å². The van der Waals surface area contributed by atoms with Crippen LogP contribution in [0.2, 0.25) is 0 Å². The first kappa shape index (κ1) is 17.9. The zero-order valence-electron chi connectivity index (χ0n) is 14.4. The van der Waals surface area contributed by atoms with Gasteiger partial charge < -0.3 is 15.7 Å². The lowest BCUT2D eigenvalue weighted by atomic mass is 9.86. The van der Waals surface area contributed by atoms with Gasteiger partial charge in [-0.05, 0) is 44.1 Å². The van der Waals surface area contributed by atoms with Gasteiger partial charge >= 0.3 is 5.97 Å². The van der Waals surface area contributed by atoms with Crippen LogP contribution in [0.4, 0.5) is 5.00 Å². The first-order valence-corrected chi connectivity index (χ1v) is 9.79. The van der Waals surface area contributed by atoms with Gasteiger partial charge in [0.05, 0.1) is 11.5 Å². The molecule has 0 bridgehead atoms. The van der Waals surface area contributed by atoms with E-state index in [-0.39, 0.29) is 17.7 Å². The second-order valence-electron chi connectivity index (χ2n) is 6.86. The predicted molar refractivity (Wildman–Crippen MR) is 96.1 cm³/mol. The summed E-state index contributed by atoms with van der Waals surface area (Å²) in [4.78, 5) is 37.3. The number of anilines is 1. The molecular weight excluding hydrogens is 340 g/mol. The van der Waals surface area contributed by atoms with E-state index in [0.717, 1.165) is 36.1 Å². The Morgan fingerprint density at radius 2 is 1.96 bits per heavy atom. The number of amides is 2. The van der Waals surface area contributed by atoms with Crippen molar-refractivity contribution in [3.8, 4) is 0 Å². The highest BCUT2D eigenvalue weighted by atomic mass is 32.1. The van der Waals surface area contributed by atoms with E-state index in [1.54, 1.807) is 0 Å². The van der Waals surface area contributed by atoms with E-state index in [9.17, 15) is 19.5 Å². The lowest BCUT2D eigenvalue weighted by Gasteiger charge is -2.19. The summed E-state index contributed by atoms with van der Waals surface area (Å²) in [6.07, 6.45) is 5.25. The molecule has 0 radical (unpaired) electrons. The van der Waals surface area contributed by atoms with E-state index in [4.69, 9.17) is 0 Å². The minimum Gasteiger partial charge on any atom is -0.481 e. The van der Waals surface area contributed by atoms with Crippen LogP contribution in [-0.2, 0) is 22.4 Å². The van der Waals surface area contributed by atoms with Gasteiger partial charge in [-0.1, -0.05) is 13.3 Å². The van der Waals surface area contributed by atoms with Gasteiger partial charge in [-0.3, -0.25) is 14.4 Å². The fourth-order valence-electron chi connectivity index (χ4n) is 3.15. The molecule has 1 aromatic heterocycles. The van der Waals surface area contributed by atoms with E-state index in [1.165, 1.54) is 11.3 Å². The predicted octanol–water partition coefficient (Wildman–Crippen LogP) is 2.82. The van der Waals surface area contributed by atoms with Crippen molar-refractivity contribution in [2.24, 2.45) is 11.8 Å². The van der Waals surface area contributed by atoms with Gasteiger partial charge in [0.25, 0.3) is 5.91 Å². The number of unbranched alkanes of at least 4 members (excludes halogenated alkanes) is 1. The molecule has 0 spiro atoms. The average molecular weight is 364 g/mol. The minimum absolute atomic E-state index is 0.0315. The molecule has 1 unspecified atom stereocenters. The number of nitrogens with one attached hydrogen (secondary N) is 2. The summed E-state index contributed by atoms with van der Waals surface area (Å²) in [7, 11) is 0. The summed E-state index contributed by atoms with van der Waals surface area (Å²) in [5, 5.41) is 15.7. The summed E-state index contributed by atoms with van der Waals surface area (Å²) in [6, 6.07) is 0. The monoisotopic (exact) mass is 364 g/mol. The lowest BCUT2D eigenvalue weighted by Crippen LogP contribution is -2.28. The zero-order valence-corrected chi connectivity index (χ0v) is 15.2. The topological polar surface area (TPSA) is 95.5 Å². The van der Waals surface area contributed by atoms with Crippen molar-refractivity contribution in [1.29, 1.82) is 0 Å². The maximum Gasteiger partial charge on any atom is 0.306 e. The van der Waals surface area contributed by atoms with Crippen LogP contribution in [0.5, 0.6) is 0 Å². The number of carbonyl (C=O) groups excluding carboxylic acids is 2. The third kappa shape index (κ3) is 4.03. The highest BCUT2D eigenvalue weighted by molar-refractivity contribution is 7.17. The molecule has 1 atom stereocenters. The quantitative estimate of drug-likeness (QED) is 0.648. The van der Waals surface area contributed by atoms with Crippen molar-refractivity contribution in [2.45, 2.75) is 51.9 Å². The molecule has 1 aromatic rings. The van der Waals surface area contributed by atoms with Crippen molar-refractivity contribution in [2.75, 3.05) is 11.9 Å². The Hall–Kier alpha value is -1.89. The number of fused-ring (bicyclic) bond motifs is 1. The van der Waals surface area contributed by atoms with Gasteiger partial charge in [-0.15, -0.1) is 11.3 Å². The Balaban J connectivity index is 1.87. The summed E-state index contributed by atoms with van der Waals surface area (Å²) in [5.74, 6) is -1.46. The largest absolute Gasteiger partial charge is 0.481 e. The Labute approximate surface area is 151 Å². The SMILES string of the molecule is CCCCNC(=O)c1c(NC(=O)C2CC2)sc2c1CC(C(=O)O)CC2. The van der Waals surface area contributed by atoms with Gasteiger partial charge in [-0.2, -0.15) is 0 Å². The molecule has 25 heavy (non-hydrogen) atoms. The third-order valence-corrected chi connectivity index (χ3v) is 6.05. The summed E-state index contributed by atoms with van der Waals surface area (Å²) in [6.45, 7) is 2.63. The van der Waals surface area contributed by atoms with Crippen molar-refractivity contribution in [1.82, 2.24) is 5.32 Å². The molecule has 6 nitrogen and oxygen atoms in total. The summed E-state index contributed by atoms with van der Waals surface area (Å²) >= 11 is 1.43. The zero-order chi connectivity index (χ0) is 18.0. The van der Waals surface area contributed by atoms with Crippen LogP contribution in [0.1, 0.15) is 59.8 Å². The number of carbonyl (C=O) groups is 3. The number of thiophene rings is 1. The van der Waals surface area contributed by atoms with E-state index in [2.05, 4.69) is 17.6 Å². The fraction of sp³-hybridized carbons (Fsp3) is 0.611. The van der Waals surface area contributed by atoms with Crippen LogP contribution < -0.4 is 10.6 Å². The molecule has 0 saturated heterocycles. The smallest absolute Gasteiger partial charge is 0.306 e. The normalized spacial score (nSPS) is 19.2. The molecule has 1 heterocycles. The van der Waals surface area contributed by atoms with E-state index < -0.39 is 11.9 Å². The van der Waals surface area contributed by atoms with E-state index in [0.29, 0.717) is 36.4 Å². The van der Waals surface area contributed by atoms with Crippen LogP contribution in [0.3, 0.4) is 0 Å². The highest BCUT2D eigenvalue weighted by Gasteiger charge is 2.34. The van der Waals surface area contributed by atoms with Crippen LogP contribution in [0.15, 0.2) is 0 Å². The molecule has 3 N–H and O–H groups in total. The number of hydrogen-bond acceptors (Lipinski definition) is 4. The average Bonchev–Trinajstić information content (AvgIpc) is 3.36. The maximum absolute atomic E-state index is 12.7. The Morgan fingerprint density at radius 1 is 1.20 bits per heavy atom. The Bertz CT molecular complexity index is 693. The van der Waals surface area contributed by atoms with Gasteiger partial charge in [-0.25, -0.2) is 0 Å². The van der Waals surface area contributed by atoms with Gasteiger partial charge in [0.1, 0.15) is 5.00 Å². The fourth-order valence-corrected chi connectivity index (χ4v) is 4.39. The second kappa shape index (κ2) is 7.56. The number of aryl methyl sites for hydroxylation is 1. The molecule has 0 aliphatic heterocycles. The van der Waals surface area contributed by atoms with Gasteiger partial charge in [0.15, 0.2) is 0 Å². The molecule has 0 aromatic carbocycles. The van der Waals surface area contributed by atoms with Crippen molar-refractivity contribution >= 4 is 34.1 Å². The summed E-state index contributed by atoms with van der Waals surface area (Å²) < 4.78 is 0. The first-order valence-electron chi connectivity index (χ1n) is 8.97. The van der Waals surface area contributed by atoms with Crippen molar-refractivity contribution in [3.63, 3.8) is 0 Å². The number of carboxylic acid groups (broad SMARTS) is 1. The van der Waals surface area contributed by atoms with Crippen molar-refractivity contribution in [3.05, 3.63) is 16.0 Å². The molecule has 1 fully saturated rings. The lowest BCUT2D eigenvalue weighted by molar-refractivity contribution is -0.142. The van der Waals surface area contributed by atoms with E-state index >= 15 is 0 Å². The Morgan fingerprint density at radius 3 is 2.60 bits per heavy atom. The second-order valence-corrected chi connectivity index (χ2v) is 7.96. The Kier molecular flexibility index (Phi) is 5.42. The number of aliphatic carboxylic acids is 1. The standard InChI is InChI=1S/C18H24N2O4S/c1-2-3-8-19-16(22)14-12-9-11(18(23)24)6-7-13(12)25-17(14)20-15(21)10-4-5-10/h10-11H,2-9H2,1H3,(H,19,22)(H,20,21)(H,23,24). The summed E-state index contributed by atoms with van der Waals surface area (Å²) in [5.41, 5.74) is 1.29. The molecule has 2 amide bonds. The van der Waals surface area contributed by atoms with Gasteiger partial charge in [0, 0.05) is 17.3 Å². The van der Waals surface area contributed by atoms with Crippen LogP contribution in [-0.4, -0.2) is 29.4 Å². The number of carboxylic acids is 1. The molecule has 2 aliphatic carbocycles.